The molecule has 24 heavy (non-hydrogen) atoms. The van der Waals surface area contributed by atoms with Crippen molar-refractivity contribution in [1.29, 1.82) is 0 Å². The van der Waals surface area contributed by atoms with Crippen LogP contribution in [-0.4, -0.2) is 45.3 Å². The normalized spacial score (nSPS) is 17.3. The molecule has 1 atom stereocenters. The summed E-state index contributed by atoms with van der Waals surface area (Å²) in [5.74, 6) is 0.704. The quantitative estimate of drug-likeness (QED) is 0.788. The number of anilines is 1. The third kappa shape index (κ3) is 3.88. The molecule has 2 N–H and O–H groups in total. The van der Waals surface area contributed by atoms with Gasteiger partial charge in [0.2, 0.25) is 17.0 Å². The molecule has 2 heterocycles. The molecule has 2 amide bonds. The summed E-state index contributed by atoms with van der Waals surface area (Å²) >= 11 is 7.39. The van der Waals surface area contributed by atoms with E-state index in [0.717, 1.165) is 0 Å². The number of carbonyl (C=O) groups is 2. The lowest BCUT2D eigenvalue weighted by Gasteiger charge is -2.18. The summed E-state index contributed by atoms with van der Waals surface area (Å²) in [6.45, 7) is 2.21. The van der Waals surface area contributed by atoms with Gasteiger partial charge in [-0.1, -0.05) is 35.5 Å². The second kappa shape index (κ2) is 7.23. The minimum absolute atomic E-state index is 0.0503. The number of aromatic amines is 1. The van der Waals surface area contributed by atoms with Gasteiger partial charge in [0.15, 0.2) is 0 Å². The van der Waals surface area contributed by atoms with Crippen molar-refractivity contribution < 1.29 is 9.59 Å². The van der Waals surface area contributed by atoms with Gasteiger partial charge in [-0.05, 0) is 19.1 Å². The Hall–Kier alpha value is -2.06. The highest BCUT2D eigenvalue weighted by atomic mass is 35.5. The molecular formula is C15H16ClN5O2S. The van der Waals surface area contributed by atoms with Crippen molar-refractivity contribution in [3.05, 3.63) is 35.1 Å². The van der Waals surface area contributed by atoms with E-state index in [0.29, 0.717) is 28.2 Å². The van der Waals surface area contributed by atoms with Crippen molar-refractivity contribution in [2.45, 2.75) is 24.5 Å². The Balaban J connectivity index is 1.54. The molecule has 1 unspecified atom stereocenters. The van der Waals surface area contributed by atoms with E-state index >= 15 is 0 Å². The SMILES string of the molecule is Cc1nc(SCC(=O)NC2CC(=O)N(c3ccccc3Cl)C2)n[nH]1. The summed E-state index contributed by atoms with van der Waals surface area (Å²) in [6, 6.07) is 6.96. The summed E-state index contributed by atoms with van der Waals surface area (Å²) < 4.78 is 0. The molecular weight excluding hydrogens is 350 g/mol. The van der Waals surface area contributed by atoms with Crippen LogP contribution in [-0.2, 0) is 9.59 Å². The van der Waals surface area contributed by atoms with Crippen LogP contribution >= 0.6 is 23.4 Å². The van der Waals surface area contributed by atoms with Crippen molar-refractivity contribution >= 4 is 40.9 Å². The minimum atomic E-state index is -0.226. The summed E-state index contributed by atoms with van der Waals surface area (Å²) in [7, 11) is 0. The predicted molar refractivity (Wildman–Crippen MR) is 92.2 cm³/mol. The van der Waals surface area contributed by atoms with Gasteiger partial charge in [0.1, 0.15) is 5.82 Å². The Labute approximate surface area is 148 Å². The molecule has 7 nitrogen and oxygen atoms in total. The fourth-order valence-electron chi connectivity index (χ4n) is 2.49. The first-order valence-corrected chi connectivity index (χ1v) is 8.75. The molecule has 0 spiro atoms. The number of aromatic nitrogens is 3. The second-order valence-electron chi connectivity index (χ2n) is 5.42. The smallest absolute Gasteiger partial charge is 0.230 e. The number of nitrogens with zero attached hydrogens (tertiary/aromatic N) is 3. The molecule has 0 aliphatic carbocycles. The van der Waals surface area contributed by atoms with E-state index in [4.69, 9.17) is 11.6 Å². The first-order valence-electron chi connectivity index (χ1n) is 7.39. The maximum Gasteiger partial charge on any atom is 0.230 e. The first kappa shape index (κ1) is 16.8. The largest absolute Gasteiger partial charge is 0.350 e. The third-order valence-corrected chi connectivity index (χ3v) is 4.71. The maximum absolute atomic E-state index is 12.2. The molecule has 1 fully saturated rings. The Bertz CT molecular complexity index is 766. The number of H-pyrrole nitrogens is 1. The molecule has 0 radical (unpaired) electrons. The number of thioether (sulfide) groups is 1. The van der Waals surface area contributed by atoms with E-state index in [2.05, 4.69) is 20.5 Å². The Morgan fingerprint density at radius 2 is 2.29 bits per heavy atom. The van der Waals surface area contributed by atoms with Crippen LogP contribution in [0.2, 0.25) is 5.02 Å². The van der Waals surface area contributed by atoms with E-state index in [9.17, 15) is 9.59 Å². The van der Waals surface area contributed by atoms with Gasteiger partial charge in [0.25, 0.3) is 0 Å². The Morgan fingerprint density at radius 3 is 3.00 bits per heavy atom. The molecule has 0 saturated carbocycles. The van der Waals surface area contributed by atoms with Crippen LogP contribution in [0.25, 0.3) is 0 Å². The molecule has 2 aromatic rings. The van der Waals surface area contributed by atoms with Gasteiger partial charge in [0.05, 0.1) is 22.5 Å². The highest BCUT2D eigenvalue weighted by Gasteiger charge is 2.32. The summed E-state index contributed by atoms with van der Waals surface area (Å²) in [4.78, 5) is 30.0. The van der Waals surface area contributed by atoms with Gasteiger partial charge in [-0.15, -0.1) is 5.10 Å². The number of benzene rings is 1. The van der Waals surface area contributed by atoms with Crippen molar-refractivity contribution in [2.24, 2.45) is 0 Å². The lowest BCUT2D eigenvalue weighted by molar-refractivity contribution is -0.119. The standard InChI is InChI=1S/C15H16ClN5O2S/c1-9-17-15(20-19-9)24-8-13(22)18-10-6-14(23)21(7-10)12-5-3-2-4-11(12)16/h2-5,10H,6-8H2,1H3,(H,18,22)(H,17,19,20). The molecule has 9 heteroatoms. The second-order valence-corrected chi connectivity index (χ2v) is 6.77. The number of aryl methyl sites for hydroxylation is 1. The maximum atomic E-state index is 12.2. The van der Waals surface area contributed by atoms with Crippen LogP contribution in [0.15, 0.2) is 29.4 Å². The van der Waals surface area contributed by atoms with Gasteiger partial charge in [0, 0.05) is 13.0 Å². The van der Waals surface area contributed by atoms with Crippen LogP contribution in [0, 0.1) is 6.92 Å². The molecule has 3 rings (SSSR count). The van der Waals surface area contributed by atoms with Crippen LogP contribution in [0.5, 0.6) is 0 Å². The van der Waals surface area contributed by atoms with E-state index in [-0.39, 0.29) is 30.0 Å². The fourth-order valence-corrected chi connectivity index (χ4v) is 3.39. The zero-order valence-electron chi connectivity index (χ0n) is 13.0. The first-order chi connectivity index (χ1) is 11.5. The van der Waals surface area contributed by atoms with E-state index in [1.165, 1.54) is 11.8 Å². The third-order valence-electron chi connectivity index (χ3n) is 3.54. The van der Waals surface area contributed by atoms with E-state index in [1.807, 2.05) is 12.1 Å². The topological polar surface area (TPSA) is 91.0 Å². The summed E-state index contributed by atoms with van der Waals surface area (Å²) in [5, 5.41) is 10.6. The number of para-hydroxylation sites is 1. The number of amides is 2. The monoisotopic (exact) mass is 365 g/mol. The van der Waals surface area contributed by atoms with Gasteiger partial charge in [-0.3, -0.25) is 14.7 Å². The molecule has 0 bridgehead atoms. The molecule has 1 saturated heterocycles. The minimum Gasteiger partial charge on any atom is -0.350 e. The van der Waals surface area contributed by atoms with Crippen LogP contribution in [0.4, 0.5) is 5.69 Å². The van der Waals surface area contributed by atoms with Crippen molar-refractivity contribution in [3.8, 4) is 0 Å². The van der Waals surface area contributed by atoms with Crippen molar-refractivity contribution in [1.82, 2.24) is 20.5 Å². The van der Waals surface area contributed by atoms with E-state index in [1.54, 1.807) is 24.0 Å². The van der Waals surface area contributed by atoms with Gasteiger partial charge < -0.3 is 10.2 Å². The van der Waals surface area contributed by atoms with Gasteiger partial charge >= 0.3 is 0 Å². The number of hydrogen-bond donors (Lipinski definition) is 2. The number of halogens is 1. The highest BCUT2D eigenvalue weighted by Crippen LogP contribution is 2.29. The lowest BCUT2D eigenvalue weighted by Crippen LogP contribution is -2.38. The summed E-state index contributed by atoms with van der Waals surface area (Å²) in [5.41, 5.74) is 0.673. The van der Waals surface area contributed by atoms with Gasteiger partial charge in [-0.25, -0.2) is 4.98 Å². The predicted octanol–water partition coefficient (Wildman–Crippen LogP) is 1.78. The Morgan fingerprint density at radius 1 is 1.50 bits per heavy atom. The number of hydrogen-bond acceptors (Lipinski definition) is 5. The average molecular weight is 366 g/mol. The number of nitrogens with one attached hydrogen (secondary N) is 2. The Kier molecular flexibility index (Phi) is 5.06. The van der Waals surface area contributed by atoms with Crippen LogP contribution in [0.3, 0.4) is 0 Å². The van der Waals surface area contributed by atoms with Crippen LogP contribution in [0.1, 0.15) is 12.2 Å². The van der Waals surface area contributed by atoms with E-state index < -0.39 is 0 Å². The summed E-state index contributed by atoms with van der Waals surface area (Å²) in [6.07, 6.45) is 0.265. The van der Waals surface area contributed by atoms with Gasteiger partial charge in [-0.2, -0.15) is 0 Å². The molecule has 1 aliphatic heterocycles. The fraction of sp³-hybridized carbons (Fsp3) is 0.333. The molecule has 126 valence electrons. The molecule has 1 aromatic carbocycles. The molecule has 1 aliphatic rings. The highest BCUT2D eigenvalue weighted by molar-refractivity contribution is 7.99. The van der Waals surface area contributed by atoms with Crippen molar-refractivity contribution in [2.75, 3.05) is 17.2 Å². The zero-order chi connectivity index (χ0) is 17.1. The average Bonchev–Trinajstić information content (AvgIpc) is 3.11. The lowest BCUT2D eigenvalue weighted by atomic mass is 10.2. The number of rotatable bonds is 5. The van der Waals surface area contributed by atoms with Crippen molar-refractivity contribution in [3.63, 3.8) is 0 Å². The molecule has 1 aromatic heterocycles. The zero-order valence-corrected chi connectivity index (χ0v) is 14.5. The number of carbonyl (C=O) groups excluding carboxylic acids is 2. The van der Waals surface area contributed by atoms with Crippen LogP contribution < -0.4 is 10.2 Å².